The zero-order valence-electron chi connectivity index (χ0n) is 15.1. The molecule has 0 fully saturated rings. The zero-order chi connectivity index (χ0) is 18.9. The van der Waals surface area contributed by atoms with Crippen molar-refractivity contribution < 1.29 is 9.59 Å². The van der Waals surface area contributed by atoms with Gasteiger partial charge in [0.15, 0.2) is 11.9 Å². The summed E-state index contributed by atoms with van der Waals surface area (Å²) < 4.78 is 0. The Morgan fingerprint density at radius 1 is 1.15 bits per heavy atom. The minimum atomic E-state index is -1.09. The van der Waals surface area contributed by atoms with Crippen molar-refractivity contribution in [2.24, 2.45) is 16.1 Å². The largest absolute Gasteiger partial charge is 0.302 e. The Morgan fingerprint density at radius 2 is 1.85 bits per heavy atom. The van der Waals surface area contributed by atoms with Crippen LogP contribution in [0.3, 0.4) is 0 Å². The van der Waals surface area contributed by atoms with Crippen LogP contribution in [-0.2, 0) is 9.59 Å². The fourth-order valence-electron chi connectivity index (χ4n) is 2.70. The average Bonchev–Trinajstić information content (AvgIpc) is 2.72. The summed E-state index contributed by atoms with van der Waals surface area (Å²) >= 11 is 0. The smallest absolute Gasteiger partial charge is 0.266 e. The minimum Gasteiger partial charge on any atom is -0.302 e. The third kappa shape index (κ3) is 3.41. The Morgan fingerprint density at radius 3 is 2.50 bits per heavy atom. The number of nitrogens with zero attached hydrogens (tertiary/aromatic N) is 3. The van der Waals surface area contributed by atoms with Gasteiger partial charge in [0.25, 0.3) is 5.91 Å². The number of para-hydroxylation sites is 1. The number of fused-ring (bicyclic) bond motifs is 1. The quantitative estimate of drug-likeness (QED) is 0.919. The summed E-state index contributed by atoms with van der Waals surface area (Å²) in [4.78, 5) is 35.6. The molecular weight excluding hydrogens is 328 g/mol. The van der Waals surface area contributed by atoms with Crippen molar-refractivity contribution in [3.8, 4) is 0 Å². The van der Waals surface area contributed by atoms with Crippen LogP contribution in [0.1, 0.15) is 32.0 Å². The van der Waals surface area contributed by atoms with Gasteiger partial charge < -0.3 is 10.6 Å². The molecular formula is C20H22N4O2. The molecule has 0 radical (unpaired) electrons. The maximum absolute atomic E-state index is 12.9. The molecule has 1 aliphatic heterocycles. The van der Waals surface area contributed by atoms with Gasteiger partial charge in [0.1, 0.15) is 0 Å². The molecule has 0 bridgehead atoms. The first-order chi connectivity index (χ1) is 12.3. The van der Waals surface area contributed by atoms with Crippen LogP contribution in [0.4, 0.5) is 5.69 Å². The van der Waals surface area contributed by atoms with Crippen LogP contribution in [0.15, 0.2) is 53.7 Å². The van der Waals surface area contributed by atoms with Gasteiger partial charge in [-0.1, -0.05) is 45.0 Å². The van der Waals surface area contributed by atoms with Crippen LogP contribution in [0.25, 0.3) is 0 Å². The summed E-state index contributed by atoms with van der Waals surface area (Å²) in [7, 11) is 0. The van der Waals surface area contributed by atoms with E-state index in [0.29, 0.717) is 17.1 Å². The van der Waals surface area contributed by atoms with E-state index in [-0.39, 0.29) is 12.3 Å². The van der Waals surface area contributed by atoms with E-state index in [9.17, 15) is 9.59 Å². The van der Waals surface area contributed by atoms with Crippen LogP contribution < -0.4 is 10.6 Å². The number of Topliss-reactive ketones (excluding diaryl/α,β-unsaturated/α-hetero) is 1. The maximum atomic E-state index is 12.9. The second kappa shape index (κ2) is 6.80. The Balaban J connectivity index is 2.12. The molecule has 0 aliphatic carbocycles. The van der Waals surface area contributed by atoms with Crippen molar-refractivity contribution in [2.75, 3.05) is 11.4 Å². The van der Waals surface area contributed by atoms with Gasteiger partial charge in [0, 0.05) is 17.2 Å². The Labute approximate surface area is 152 Å². The SMILES string of the molecule is CC(C)(C)C(=O)CN1C(=O)[C@H](N)N=C(c2ccccn2)c2ccccc21. The summed E-state index contributed by atoms with van der Waals surface area (Å²) in [5.74, 6) is -0.449. The van der Waals surface area contributed by atoms with Crippen molar-refractivity contribution in [1.82, 2.24) is 4.98 Å². The molecule has 2 heterocycles. The predicted molar refractivity (Wildman–Crippen MR) is 101 cm³/mol. The first-order valence-corrected chi connectivity index (χ1v) is 8.48. The van der Waals surface area contributed by atoms with Gasteiger partial charge in [-0.05, 0) is 18.2 Å². The Hall–Kier alpha value is -2.86. The fourth-order valence-corrected chi connectivity index (χ4v) is 2.70. The van der Waals surface area contributed by atoms with E-state index in [4.69, 9.17) is 5.73 Å². The van der Waals surface area contributed by atoms with Crippen LogP contribution in [0, 0.1) is 5.41 Å². The molecule has 6 heteroatoms. The van der Waals surface area contributed by atoms with Crippen LogP contribution in [0.2, 0.25) is 0 Å². The number of ketones is 1. The highest BCUT2D eigenvalue weighted by atomic mass is 16.2. The van der Waals surface area contributed by atoms with Crippen LogP contribution >= 0.6 is 0 Å². The highest BCUT2D eigenvalue weighted by molar-refractivity contribution is 6.20. The molecule has 26 heavy (non-hydrogen) atoms. The predicted octanol–water partition coefficient (Wildman–Crippen LogP) is 2.17. The van der Waals surface area contributed by atoms with Gasteiger partial charge in [-0.15, -0.1) is 0 Å². The number of nitrogens with two attached hydrogens (primary N) is 1. The van der Waals surface area contributed by atoms with E-state index in [1.54, 1.807) is 12.3 Å². The number of pyridine rings is 1. The molecule has 1 aromatic carbocycles. The molecule has 1 amide bonds. The number of benzodiazepines with no additional fused rings is 1. The number of benzene rings is 1. The highest BCUT2D eigenvalue weighted by Gasteiger charge is 2.33. The number of hydrogen-bond acceptors (Lipinski definition) is 5. The van der Waals surface area contributed by atoms with Crippen molar-refractivity contribution in [3.63, 3.8) is 0 Å². The lowest BCUT2D eigenvalue weighted by Gasteiger charge is -2.27. The van der Waals surface area contributed by atoms with Crippen molar-refractivity contribution >= 4 is 23.1 Å². The van der Waals surface area contributed by atoms with Crippen LogP contribution in [-0.4, -0.2) is 35.1 Å². The van der Waals surface area contributed by atoms with Gasteiger partial charge in [-0.3, -0.25) is 19.6 Å². The Kier molecular flexibility index (Phi) is 4.70. The summed E-state index contributed by atoms with van der Waals surface area (Å²) in [5.41, 5.74) is 8.01. The summed E-state index contributed by atoms with van der Waals surface area (Å²) in [5, 5.41) is 0. The lowest BCUT2D eigenvalue weighted by molar-refractivity contribution is -0.127. The standard InChI is InChI=1S/C20H22N4O2/c1-20(2,3)16(25)12-24-15-10-5-4-8-13(15)17(23-18(21)19(24)26)14-9-6-7-11-22-14/h4-11,18H,12,21H2,1-3H3/t18-/m1/s1. The average molecular weight is 350 g/mol. The van der Waals surface area contributed by atoms with E-state index in [0.717, 1.165) is 5.56 Å². The van der Waals surface area contributed by atoms with Gasteiger partial charge in [0.2, 0.25) is 0 Å². The topological polar surface area (TPSA) is 88.7 Å². The molecule has 1 aromatic heterocycles. The van der Waals surface area contributed by atoms with E-state index in [1.165, 1.54) is 4.90 Å². The molecule has 2 N–H and O–H groups in total. The molecule has 0 unspecified atom stereocenters. The van der Waals surface area contributed by atoms with Gasteiger partial charge in [-0.2, -0.15) is 0 Å². The second-order valence-electron chi connectivity index (χ2n) is 7.25. The number of aliphatic imine (C=N–C) groups is 1. The van der Waals surface area contributed by atoms with Crippen molar-refractivity contribution in [2.45, 2.75) is 26.9 Å². The monoisotopic (exact) mass is 350 g/mol. The zero-order valence-corrected chi connectivity index (χ0v) is 15.1. The molecule has 2 aromatic rings. The summed E-state index contributed by atoms with van der Waals surface area (Å²) in [6, 6.07) is 12.8. The summed E-state index contributed by atoms with van der Waals surface area (Å²) in [6.45, 7) is 5.45. The Bertz CT molecular complexity index is 869. The third-order valence-electron chi connectivity index (χ3n) is 4.28. The number of rotatable bonds is 3. The second-order valence-corrected chi connectivity index (χ2v) is 7.25. The first kappa shape index (κ1) is 17.9. The molecule has 1 atom stereocenters. The van der Waals surface area contributed by atoms with Gasteiger partial charge in [0.05, 0.1) is 23.6 Å². The molecule has 134 valence electrons. The summed E-state index contributed by atoms with van der Waals surface area (Å²) in [6.07, 6.45) is 0.576. The number of hydrogen-bond donors (Lipinski definition) is 1. The first-order valence-electron chi connectivity index (χ1n) is 8.48. The number of carbonyl (C=O) groups is 2. The minimum absolute atomic E-state index is 0.0436. The third-order valence-corrected chi connectivity index (χ3v) is 4.28. The van der Waals surface area contributed by atoms with Crippen molar-refractivity contribution in [3.05, 3.63) is 59.9 Å². The molecule has 0 saturated heterocycles. The number of aromatic nitrogens is 1. The van der Waals surface area contributed by atoms with Gasteiger partial charge in [-0.25, -0.2) is 0 Å². The number of carbonyl (C=O) groups excluding carboxylic acids is 2. The maximum Gasteiger partial charge on any atom is 0.266 e. The fraction of sp³-hybridized carbons (Fsp3) is 0.300. The molecule has 0 saturated carbocycles. The molecule has 6 nitrogen and oxygen atoms in total. The molecule has 0 spiro atoms. The van der Waals surface area contributed by atoms with E-state index in [1.807, 2.05) is 57.2 Å². The van der Waals surface area contributed by atoms with E-state index in [2.05, 4.69) is 9.98 Å². The number of anilines is 1. The van der Waals surface area contributed by atoms with E-state index < -0.39 is 17.5 Å². The lowest BCUT2D eigenvalue weighted by atomic mass is 9.90. The highest BCUT2D eigenvalue weighted by Crippen LogP contribution is 2.28. The normalized spacial score (nSPS) is 17.4. The lowest BCUT2D eigenvalue weighted by Crippen LogP contribution is -2.46. The van der Waals surface area contributed by atoms with Crippen molar-refractivity contribution in [1.29, 1.82) is 0 Å². The molecule has 1 aliphatic rings. The van der Waals surface area contributed by atoms with Gasteiger partial charge >= 0.3 is 0 Å². The van der Waals surface area contributed by atoms with E-state index >= 15 is 0 Å². The molecule has 3 rings (SSSR count). The van der Waals surface area contributed by atoms with Crippen LogP contribution in [0.5, 0.6) is 0 Å². The number of amides is 1.